The fraction of sp³-hybridized carbons (Fsp3) is 0.105. The van der Waals surface area contributed by atoms with E-state index >= 15 is 0 Å². The van der Waals surface area contributed by atoms with Crippen molar-refractivity contribution in [2.24, 2.45) is 0 Å². The van der Waals surface area contributed by atoms with Crippen molar-refractivity contribution in [3.05, 3.63) is 84.1 Å². The third kappa shape index (κ3) is 2.85. The molecule has 1 heterocycles. The molecule has 3 rings (SSSR count). The maximum absolute atomic E-state index is 10.7. The van der Waals surface area contributed by atoms with Crippen molar-refractivity contribution in [2.75, 3.05) is 7.11 Å². The highest BCUT2D eigenvalue weighted by molar-refractivity contribution is 5.64. The molecule has 0 fully saturated rings. The predicted octanol–water partition coefficient (Wildman–Crippen LogP) is 3.84. The SMILES string of the molecule is COc1ncc(-c2ccccc2)cc1C(O)c1ccccc1. The van der Waals surface area contributed by atoms with Crippen molar-refractivity contribution in [3.63, 3.8) is 0 Å². The average Bonchev–Trinajstić information content (AvgIpc) is 2.62. The second-order valence-corrected chi connectivity index (χ2v) is 5.00. The Bertz CT molecular complexity index is 742. The molecule has 1 N–H and O–H groups in total. The number of aromatic nitrogens is 1. The monoisotopic (exact) mass is 291 g/mol. The summed E-state index contributed by atoms with van der Waals surface area (Å²) in [6.45, 7) is 0. The molecule has 3 nitrogen and oxygen atoms in total. The Kier molecular flexibility index (Phi) is 4.17. The van der Waals surface area contributed by atoms with E-state index in [2.05, 4.69) is 4.98 Å². The van der Waals surface area contributed by atoms with E-state index in [0.29, 0.717) is 11.4 Å². The first-order valence-corrected chi connectivity index (χ1v) is 7.12. The lowest BCUT2D eigenvalue weighted by Crippen LogP contribution is -2.04. The van der Waals surface area contributed by atoms with E-state index in [1.165, 1.54) is 0 Å². The average molecular weight is 291 g/mol. The van der Waals surface area contributed by atoms with Gasteiger partial charge in [-0.2, -0.15) is 0 Å². The Balaban J connectivity index is 2.06. The summed E-state index contributed by atoms with van der Waals surface area (Å²) in [5, 5.41) is 10.7. The van der Waals surface area contributed by atoms with E-state index in [-0.39, 0.29) is 0 Å². The number of nitrogens with zero attached hydrogens (tertiary/aromatic N) is 1. The fourth-order valence-electron chi connectivity index (χ4n) is 2.44. The Morgan fingerprint density at radius 1 is 0.909 bits per heavy atom. The molecule has 0 saturated carbocycles. The molecule has 1 aromatic heterocycles. The maximum atomic E-state index is 10.7. The first kappa shape index (κ1) is 14.3. The molecule has 0 saturated heterocycles. The number of hydrogen-bond acceptors (Lipinski definition) is 3. The number of hydrogen-bond donors (Lipinski definition) is 1. The van der Waals surface area contributed by atoms with Crippen LogP contribution in [0.2, 0.25) is 0 Å². The van der Waals surface area contributed by atoms with Gasteiger partial charge in [0.2, 0.25) is 5.88 Å². The van der Waals surface area contributed by atoms with Gasteiger partial charge in [0, 0.05) is 17.3 Å². The molecule has 0 aliphatic carbocycles. The van der Waals surface area contributed by atoms with Crippen LogP contribution in [-0.4, -0.2) is 17.2 Å². The number of pyridine rings is 1. The topological polar surface area (TPSA) is 42.4 Å². The van der Waals surface area contributed by atoms with Gasteiger partial charge in [-0.3, -0.25) is 0 Å². The number of ether oxygens (including phenoxy) is 1. The number of benzene rings is 2. The van der Waals surface area contributed by atoms with E-state index in [9.17, 15) is 5.11 Å². The molecule has 0 radical (unpaired) electrons. The zero-order chi connectivity index (χ0) is 15.4. The van der Waals surface area contributed by atoms with Crippen molar-refractivity contribution in [1.82, 2.24) is 4.98 Å². The fourth-order valence-corrected chi connectivity index (χ4v) is 2.44. The number of aliphatic hydroxyl groups is 1. The van der Waals surface area contributed by atoms with Gasteiger partial charge in [-0.25, -0.2) is 4.98 Å². The van der Waals surface area contributed by atoms with Gasteiger partial charge < -0.3 is 9.84 Å². The lowest BCUT2D eigenvalue weighted by molar-refractivity contribution is 0.213. The summed E-state index contributed by atoms with van der Waals surface area (Å²) >= 11 is 0. The normalized spacial score (nSPS) is 11.9. The molecule has 110 valence electrons. The van der Waals surface area contributed by atoms with E-state index in [0.717, 1.165) is 16.7 Å². The summed E-state index contributed by atoms with van der Waals surface area (Å²) in [6, 6.07) is 21.4. The smallest absolute Gasteiger partial charge is 0.219 e. The minimum atomic E-state index is -0.771. The third-order valence-corrected chi connectivity index (χ3v) is 3.59. The van der Waals surface area contributed by atoms with E-state index in [1.807, 2.05) is 66.7 Å². The van der Waals surface area contributed by atoms with Crippen LogP contribution in [0.1, 0.15) is 17.2 Å². The molecule has 0 amide bonds. The number of methoxy groups -OCH3 is 1. The maximum Gasteiger partial charge on any atom is 0.219 e. The summed E-state index contributed by atoms with van der Waals surface area (Å²) in [4.78, 5) is 4.34. The van der Waals surface area contributed by atoms with Crippen molar-refractivity contribution in [3.8, 4) is 17.0 Å². The van der Waals surface area contributed by atoms with Crippen molar-refractivity contribution in [1.29, 1.82) is 0 Å². The number of aliphatic hydroxyl groups excluding tert-OH is 1. The summed E-state index contributed by atoms with van der Waals surface area (Å²) < 4.78 is 5.31. The van der Waals surface area contributed by atoms with Gasteiger partial charge in [0.15, 0.2) is 0 Å². The summed E-state index contributed by atoms with van der Waals surface area (Å²) in [5.41, 5.74) is 3.48. The molecule has 3 heteroatoms. The van der Waals surface area contributed by atoms with E-state index in [4.69, 9.17) is 4.74 Å². The molecule has 1 atom stereocenters. The molecule has 0 aliphatic heterocycles. The highest BCUT2D eigenvalue weighted by Crippen LogP contribution is 2.31. The van der Waals surface area contributed by atoms with Crippen molar-refractivity contribution >= 4 is 0 Å². The van der Waals surface area contributed by atoms with Crippen LogP contribution < -0.4 is 4.74 Å². The lowest BCUT2D eigenvalue weighted by Gasteiger charge is -2.15. The second kappa shape index (κ2) is 6.41. The van der Waals surface area contributed by atoms with Crippen LogP contribution in [0.15, 0.2) is 72.9 Å². The van der Waals surface area contributed by atoms with Gasteiger partial charge in [0.05, 0.1) is 7.11 Å². The van der Waals surface area contributed by atoms with Gasteiger partial charge in [-0.05, 0) is 17.2 Å². The van der Waals surface area contributed by atoms with E-state index < -0.39 is 6.10 Å². The molecule has 1 unspecified atom stereocenters. The van der Waals surface area contributed by atoms with Crippen LogP contribution in [-0.2, 0) is 0 Å². The van der Waals surface area contributed by atoms with Crippen molar-refractivity contribution < 1.29 is 9.84 Å². The van der Waals surface area contributed by atoms with Crippen LogP contribution in [0.25, 0.3) is 11.1 Å². The highest BCUT2D eigenvalue weighted by atomic mass is 16.5. The molecular formula is C19H17NO2. The Morgan fingerprint density at radius 3 is 2.18 bits per heavy atom. The van der Waals surface area contributed by atoms with Gasteiger partial charge >= 0.3 is 0 Å². The van der Waals surface area contributed by atoms with Crippen LogP contribution >= 0.6 is 0 Å². The van der Waals surface area contributed by atoms with Crippen LogP contribution in [0.3, 0.4) is 0 Å². The van der Waals surface area contributed by atoms with Crippen molar-refractivity contribution in [2.45, 2.75) is 6.10 Å². The Hall–Kier alpha value is -2.65. The highest BCUT2D eigenvalue weighted by Gasteiger charge is 2.17. The van der Waals surface area contributed by atoms with Crippen LogP contribution in [0, 0.1) is 0 Å². The molecule has 0 spiro atoms. The predicted molar refractivity (Wildman–Crippen MR) is 86.7 cm³/mol. The minimum absolute atomic E-state index is 0.441. The third-order valence-electron chi connectivity index (χ3n) is 3.59. The minimum Gasteiger partial charge on any atom is -0.481 e. The molecule has 3 aromatic rings. The Labute approximate surface area is 129 Å². The molecular weight excluding hydrogens is 274 g/mol. The zero-order valence-electron chi connectivity index (χ0n) is 12.3. The lowest BCUT2D eigenvalue weighted by atomic mass is 9.99. The number of rotatable bonds is 4. The van der Waals surface area contributed by atoms with Gasteiger partial charge in [0.1, 0.15) is 6.10 Å². The largest absolute Gasteiger partial charge is 0.481 e. The second-order valence-electron chi connectivity index (χ2n) is 5.00. The van der Waals surface area contributed by atoms with E-state index in [1.54, 1.807) is 13.3 Å². The standard InChI is InChI=1S/C19H17NO2/c1-22-19-17(18(21)15-10-6-3-7-11-15)12-16(13-20-19)14-8-4-2-5-9-14/h2-13,18,21H,1H3. The summed E-state index contributed by atoms with van der Waals surface area (Å²) in [5.74, 6) is 0.441. The quantitative estimate of drug-likeness (QED) is 0.794. The molecule has 2 aromatic carbocycles. The first-order chi connectivity index (χ1) is 10.8. The van der Waals surface area contributed by atoms with Gasteiger partial charge in [-0.1, -0.05) is 60.7 Å². The molecule has 0 bridgehead atoms. The van der Waals surface area contributed by atoms with Crippen LogP contribution in [0.4, 0.5) is 0 Å². The molecule has 22 heavy (non-hydrogen) atoms. The van der Waals surface area contributed by atoms with Gasteiger partial charge in [0.25, 0.3) is 0 Å². The van der Waals surface area contributed by atoms with Crippen LogP contribution in [0.5, 0.6) is 5.88 Å². The zero-order valence-corrected chi connectivity index (χ0v) is 12.3. The summed E-state index contributed by atoms with van der Waals surface area (Å²) in [6.07, 6.45) is 0.988. The Morgan fingerprint density at radius 2 is 1.55 bits per heavy atom. The summed E-state index contributed by atoms with van der Waals surface area (Å²) in [7, 11) is 1.56. The molecule has 0 aliphatic rings. The van der Waals surface area contributed by atoms with Gasteiger partial charge in [-0.15, -0.1) is 0 Å². The first-order valence-electron chi connectivity index (χ1n) is 7.12.